The van der Waals surface area contributed by atoms with E-state index in [0.29, 0.717) is 0 Å². The summed E-state index contributed by atoms with van der Waals surface area (Å²) in [4.78, 5) is 24.9. The van der Waals surface area contributed by atoms with Crippen molar-refractivity contribution in [3.8, 4) is 11.5 Å². The van der Waals surface area contributed by atoms with Gasteiger partial charge in [0, 0.05) is 24.9 Å². The molecule has 3 rings (SSSR count). The number of aromatic nitrogens is 1. The van der Waals surface area contributed by atoms with Crippen LogP contribution in [0.15, 0.2) is 70.7 Å². The summed E-state index contributed by atoms with van der Waals surface area (Å²) in [7, 11) is 1.36. The average molecular weight is 445 g/mol. The molecule has 166 valence electrons. The van der Waals surface area contributed by atoms with Gasteiger partial charge >= 0.3 is 6.61 Å². The van der Waals surface area contributed by atoms with Gasteiger partial charge < -0.3 is 14.8 Å². The summed E-state index contributed by atoms with van der Waals surface area (Å²) >= 11 is 0. The zero-order valence-electron chi connectivity index (χ0n) is 16.8. The lowest BCUT2D eigenvalue weighted by Gasteiger charge is -2.14. The molecule has 1 amide bonds. The van der Waals surface area contributed by atoms with Gasteiger partial charge in [0.15, 0.2) is 11.4 Å². The molecular weight excluding hydrogens is 427 g/mol. The van der Waals surface area contributed by atoms with Gasteiger partial charge in [-0.1, -0.05) is 30.3 Å². The Labute approximate surface area is 180 Å². The quantitative estimate of drug-likeness (QED) is 0.539. The predicted octanol–water partition coefficient (Wildman–Crippen LogP) is 3.41. The van der Waals surface area contributed by atoms with E-state index in [2.05, 4.69) is 15.2 Å². The number of alkyl halides is 2. The van der Waals surface area contributed by atoms with Crippen LogP contribution in [0.2, 0.25) is 0 Å². The van der Waals surface area contributed by atoms with Gasteiger partial charge in [-0.3, -0.25) is 9.59 Å². The summed E-state index contributed by atoms with van der Waals surface area (Å²) < 4.78 is 49.9. The lowest BCUT2D eigenvalue weighted by Crippen LogP contribution is -2.26. The van der Waals surface area contributed by atoms with E-state index in [1.54, 1.807) is 24.3 Å². The number of hydrogen-bond acceptors (Lipinski definition) is 5. The zero-order chi connectivity index (χ0) is 23.1. The Kier molecular flexibility index (Phi) is 7.27. The number of hydrogen-bond donors (Lipinski definition) is 1. The van der Waals surface area contributed by atoms with Crippen molar-refractivity contribution in [3.05, 3.63) is 93.7 Å². The molecule has 0 aliphatic heterocycles. The Morgan fingerprint density at radius 2 is 1.94 bits per heavy atom. The third-order valence-electron chi connectivity index (χ3n) is 4.21. The van der Waals surface area contributed by atoms with Crippen molar-refractivity contribution >= 4 is 12.1 Å². The molecule has 0 aliphatic carbocycles. The molecule has 7 nitrogen and oxygen atoms in total. The number of pyridine rings is 1. The number of carbonyl (C=O) groups is 1. The van der Waals surface area contributed by atoms with Gasteiger partial charge in [-0.05, 0) is 23.8 Å². The standard InChI is InChI=1S/C22H18F3N3O4/c1-26-21(30)19-20(31-13-14-5-3-2-4-6-14)17(29)9-10-28(19)27-12-15-11-16(23)7-8-18(15)32-22(24)25/h2-12,22H,13H2,1H3,(H,26,30)/b27-12-. The van der Waals surface area contributed by atoms with Crippen molar-refractivity contribution in [3.63, 3.8) is 0 Å². The highest BCUT2D eigenvalue weighted by Crippen LogP contribution is 2.21. The molecule has 0 spiro atoms. The van der Waals surface area contributed by atoms with Crippen molar-refractivity contribution < 1.29 is 27.4 Å². The third kappa shape index (κ3) is 5.54. The number of rotatable bonds is 8. The monoisotopic (exact) mass is 445 g/mol. The van der Waals surface area contributed by atoms with Crippen LogP contribution in [-0.2, 0) is 6.61 Å². The largest absolute Gasteiger partial charge is 0.482 e. The first-order valence-corrected chi connectivity index (χ1v) is 9.32. The van der Waals surface area contributed by atoms with Gasteiger partial charge in [-0.15, -0.1) is 0 Å². The van der Waals surface area contributed by atoms with Crippen molar-refractivity contribution in [2.24, 2.45) is 5.10 Å². The third-order valence-corrected chi connectivity index (χ3v) is 4.21. The van der Waals surface area contributed by atoms with Gasteiger partial charge in [-0.2, -0.15) is 13.9 Å². The average Bonchev–Trinajstić information content (AvgIpc) is 2.78. The SMILES string of the molecule is CNC(=O)c1c(OCc2ccccc2)c(=O)ccn1/N=C\c1cc(F)ccc1OC(F)F. The van der Waals surface area contributed by atoms with Gasteiger partial charge in [0.25, 0.3) is 5.91 Å². The van der Waals surface area contributed by atoms with E-state index in [4.69, 9.17) is 4.74 Å². The number of nitrogens with one attached hydrogen (secondary N) is 1. The molecule has 0 radical (unpaired) electrons. The molecule has 2 aromatic carbocycles. The summed E-state index contributed by atoms with van der Waals surface area (Å²) in [6, 6.07) is 13.0. The minimum atomic E-state index is -3.13. The molecule has 0 fully saturated rings. The maximum Gasteiger partial charge on any atom is 0.387 e. The van der Waals surface area contributed by atoms with Crippen LogP contribution < -0.4 is 20.2 Å². The lowest BCUT2D eigenvalue weighted by atomic mass is 10.2. The van der Waals surface area contributed by atoms with E-state index in [0.717, 1.165) is 40.7 Å². The first kappa shape index (κ1) is 22.6. The van der Waals surface area contributed by atoms with Crippen molar-refractivity contribution in [2.45, 2.75) is 13.2 Å². The Morgan fingerprint density at radius 1 is 1.19 bits per heavy atom. The maximum absolute atomic E-state index is 13.6. The normalized spacial score (nSPS) is 11.0. The minimum Gasteiger partial charge on any atom is -0.482 e. The summed E-state index contributed by atoms with van der Waals surface area (Å²) in [6.07, 6.45) is 2.23. The van der Waals surface area contributed by atoms with Gasteiger partial charge in [0.2, 0.25) is 5.43 Å². The van der Waals surface area contributed by atoms with Gasteiger partial charge in [-0.25, -0.2) is 9.07 Å². The molecule has 0 aliphatic rings. The van der Waals surface area contributed by atoms with E-state index in [1.807, 2.05) is 6.07 Å². The number of benzene rings is 2. The molecule has 1 aromatic heterocycles. The molecule has 1 heterocycles. The van der Waals surface area contributed by atoms with Crippen LogP contribution in [-0.4, -0.2) is 30.5 Å². The van der Waals surface area contributed by atoms with E-state index < -0.39 is 23.8 Å². The maximum atomic E-state index is 13.6. The lowest BCUT2D eigenvalue weighted by molar-refractivity contribution is -0.0499. The fraction of sp³-hybridized carbons (Fsp3) is 0.136. The van der Waals surface area contributed by atoms with E-state index in [9.17, 15) is 22.8 Å². The van der Waals surface area contributed by atoms with Gasteiger partial charge in [0.1, 0.15) is 18.2 Å². The first-order chi connectivity index (χ1) is 15.4. The van der Waals surface area contributed by atoms with Crippen LogP contribution >= 0.6 is 0 Å². The van der Waals surface area contributed by atoms with Crippen LogP contribution in [0.1, 0.15) is 21.6 Å². The number of ether oxygens (including phenoxy) is 2. The zero-order valence-corrected chi connectivity index (χ0v) is 16.8. The van der Waals surface area contributed by atoms with E-state index in [-0.39, 0.29) is 29.4 Å². The summed E-state index contributed by atoms with van der Waals surface area (Å²) in [6.45, 7) is -3.11. The Bertz CT molecular complexity index is 1180. The molecular formula is C22H18F3N3O4. The van der Waals surface area contributed by atoms with Crippen molar-refractivity contribution in [2.75, 3.05) is 7.05 Å². The molecule has 1 N–H and O–H groups in total. The molecule has 32 heavy (non-hydrogen) atoms. The fourth-order valence-electron chi connectivity index (χ4n) is 2.75. The highest BCUT2D eigenvalue weighted by Gasteiger charge is 2.20. The van der Waals surface area contributed by atoms with Gasteiger partial charge in [0.05, 0.1) is 6.21 Å². The number of nitrogens with zero attached hydrogens (tertiary/aromatic N) is 2. The molecule has 0 saturated carbocycles. The van der Waals surface area contributed by atoms with Crippen LogP contribution in [0.3, 0.4) is 0 Å². The van der Waals surface area contributed by atoms with Crippen LogP contribution in [0.5, 0.6) is 11.5 Å². The Balaban J connectivity index is 2.01. The van der Waals surface area contributed by atoms with Crippen LogP contribution in [0, 0.1) is 5.82 Å². The van der Waals surface area contributed by atoms with Crippen LogP contribution in [0.4, 0.5) is 13.2 Å². The second-order valence-corrected chi connectivity index (χ2v) is 6.36. The molecule has 0 unspecified atom stereocenters. The van der Waals surface area contributed by atoms with E-state index in [1.165, 1.54) is 13.2 Å². The smallest absolute Gasteiger partial charge is 0.387 e. The Morgan fingerprint density at radius 3 is 2.62 bits per heavy atom. The highest BCUT2D eigenvalue weighted by atomic mass is 19.3. The first-order valence-electron chi connectivity index (χ1n) is 9.32. The highest BCUT2D eigenvalue weighted by molar-refractivity contribution is 5.95. The molecule has 3 aromatic rings. The van der Waals surface area contributed by atoms with Crippen LogP contribution in [0.25, 0.3) is 0 Å². The second-order valence-electron chi connectivity index (χ2n) is 6.36. The topological polar surface area (TPSA) is 81.9 Å². The van der Waals surface area contributed by atoms with Crippen molar-refractivity contribution in [1.29, 1.82) is 0 Å². The number of carbonyl (C=O) groups excluding carboxylic acids is 1. The molecule has 0 bridgehead atoms. The summed E-state index contributed by atoms with van der Waals surface area (Å²) in [5.74, 6) is -1.94. The molecule has 0 atom stereocenters. The predicted molar refractivity (Wildman–Crippen MR) is 111 cm³/mol. The van der Waals surface area contributed by atoms with Crippen molar-refractivity contribution in [1.82, 2.24) is 9.99 Å². The number of amides is 1. The molecule has 0 saturated heterocycles. The van der Waals surface area contributed by atoms with E-state index >= 15 is 0 Å². The summed E-state index contributed by atoms with van der Waals surface area (Å²) in [5, 5.41) is 6.43. The second kappa shape index (κ2) is 10.3. The fourth-order valence-corrected chi connectivity index (χ4v) is 2.75. The minimum absolute atomic E-state index is 0.0179. The number of halogens is 3. The molecule has 10 heteroatoms. The summed E-state index contributed by atoms with van der Waals surface area (Å²) in [5.41, 5.74) is -0.112. The Hall–Kier alpha value is -4.08.